The molecule has 1 heterocycles. The van der Waals surface area contributed by atoms with Crippen molar-refractivity contribution in [1.29, 1.82) is 0 Å². The van der Waals surface area contributed by atoms with Crippen LogP contribution in [0.3, 0.4) is 0 Å². The predicted molar refractivity (Wildman–Crippen MR) is 92.1 cm³/mol. The van der Waals surface area contributed by atoms with Crippen molar-refractivity contribution in [3.05, 3.63) is 60.3 Å². The van der Waals surface area contributed by atoms with Crippen molar-refractivity contribution in [2.45, 2.75) is 13.0 Å². The standard InChI is InChI=1S/C18H20N4O/c1-22(13-14-5-3-2-4-6-14)10-9-18(23)20-16-7-8-17-15(11-16)12-19-21-17/h2-8,11-12H,9-10,13H2,1H3,(H,19,21)(H,20,23). The van der Waals surface area contributed by atoms with Crippen molar-refractivity contribution >= 4 is 22.5 Å². The lowest BCUT2D eigenvalue weighted by Crippen LogP contribution is -2.24. The highest BCUT2D eigenvalue weighted by atomic mass is 16.1. The number of hydrogen-bond acceptors (Lipinski definition) is 3. The van der Waals surface area contributed by atoms with Crippen LogP contribution in [0.4, 0.5) is 5.69 Å². The summed E-state index contributed by atoms with van der Waals surface area (Å²) in [6.07, 6.45) is 2.21. The fourth-order valence-electron chi connectivity index (χ4n) is 2.51. The van der Waals surface area contributed by atoms with Crippen LogP contribution < -0.4 is 5.32 Å². The first-order valence-corrected chi connectivity index (χ1v) is 7.66. The van der Waals surface area contributed by atoms with Gasteiger partial charge in [-0.3, -0.25) is 9.89 Å². The maximum Gasteiger partial charge on any atom is 0.225 e. The van der Waals surface area contributed by atoms with Gasteiger partial charge in [-0.15, -0.1) is 0 Å². The molecule has 3 aromatic rings. The van der Waals surface area contributed by atoms with Crippen LogP contribution in [0.15, 0.2) is 54.7 Å². The summed E-state index contributed by atoms with van der Waals surface area (Å²) in [6.45, 7) is 1.56. The average molecular weight is 308 g/mol. The molecule has 0 saturated carbocycles. The van der Waals surface area contributed by atoms with Crippen LogP contribution in [0, 0.1) is 0 Å². The summed E-state index contributed by atoms with van der Waals surface area (Å²) in [6, 6.07) is 16.0. The first-order valence-electron chi connectivity index (χ1n) is 7.66. The van der Waals surface area contributed by atoms with E-state index in [1.54, 1.807) is 6.20 Å². The molecular formula is C18H20N4O. The number of fused-ring (bicyclic) bond motifs is 1. The Hall–Kier alpha value is -2.66. The molecule has 0 unspecified atom stereocenters. The van der Waals surface area contributed by atoms with Crippen LogP contribution in [0.2, 0.25) is 0 Å². The SMILES string of the molecule is CN(CCC(=O)Nc1ccc2[nH]ncc2c1)Cc1ccccc1. The van der Waals surface area contributed by atoms with Gasteiger partial charge in [0, 0.05) is 30.6 Å². The number of carbonyl (C=O) groups excluding carboxylic acids is 1. The molecule has 1 aromatic heterocycles. The van der Waals surface area contributed by atoms with Gasteiger partial charge in [0.15, 0.2) is 0 Å². The van der Waals surface area contributed by atoms with Crippen LogP contribution >= 0.6 is 0 Å². The average Bonchev–Trinajstić information content (AvgIpc) is 3.01. The molecule has 0 spiro atoms. The number of carbonyl (C=O) groups is 1. The van der Waals surface area contributed by atoms with Crippen LogP contribution in [-0.4, -0.2) is 34.6 Å². The summed E-state index contributed by atoms with van der Waals surface area (Å²) in [5.74, 6) is 0.0211. The Labute approximate surface area is 135 Å². The number of benzene rings is 2. The van der Waals surface area contributed by atoms with Gasteiger partial charge in [-0.05, 0) is 30.8 Å². The Kier molecular flexibility index (Phi) is 4.68. The molecule has 1 amide bonds. The molecular weight excluding hydrogens is 288 g/mol. The molecule has 118 valence electrons. The van der Waals surface area contributed by atoms with Gasteiger partial charge in [-0.1, -0.05) is 30.3 Å². The van der Waals surface area contributed by atoms with Crippen molar-refractivity contribution in [2.24, 2.45) is 0 Å². The second kappa shape index (κ2) is 7.07. The molecule has 2 aromatic carbocycles. The van der Waals surface area contributed by atoms with Crippen LogP contribution in [0.5, 0.6) is 0 Å². The summed E-state index contributed by atoms with van der Waals surface area (Å²) in [5.41, 5.74) is 3.01. The largest absolute Gasteiger partial charge is 0.326 e. The number of rotatable bonds is 6. The van der Waals surface area contributed by atoms with Gasteiger partial charge < -0.3 is 10.2 Å². The minimum Gasteiger partial charge on any atom is -0.326 e. The zero-order valence-electron chi connectivity index (χ0n) is 13.1. The molecule has 5 heteroatoms. The van der Waals surface area contributed by atoms with Gasteiger partial charge in [-0.25, -0.2) is 0 Å². The fourth-order valence-corrected chi connectivity index (χ4v) is 2.51. The molecule has 0 saturated heterocycles. The summed E-state index contributed by atoms with van der Waals surface area (Å²) in [5, 5.41) is 10.8. The van der Waals surface area contributed by atoms with E-state index in [4.69, 9.17) is 0 Å². The smallest absolute Gasteiger partial charge is 0.225 e. The second-order valence-electron chi connectivity index (χ2n) is 5.69. The Morgan fingerprint density at radius 3 is 2.87 bits per heavy atom. The number of amides is 1. The zero-order valence-corrected chi connectivity index (χ0v) is 13.1. The summed E-state index contributed by atoms with van der Waals surface area (Å²) >= 11 is 0. The molecule has 0 aliphatic rings. The maximum atomic E-state index is 12.1. The van der Waals surface area contributed by atoms with Gasteiger partial charge >= 0.3 is 0 Å². The number of hydrogen-bond donors (Lipinski definition) is 2. The maximum absolute atomic E-state index is 12.1. The van der Waals surface area contributed by atoms with E-state index in [9.17, 15) is 4.79 Å². The highest BCUT2D eigenvalue weighted by molar-refractivity contribution is 5.93. The van der Waals surface area contributed by atoms with Gasteiger partial charge in [0.25, 0.3) is 0 Å². The third kappa shape index (κ3) is 4.17. The van der Waals surface area contributed by atoms with E-state index in [2.05, 4.69) is 32.5 Å². The minimum atomic E-state index is 0.0211. The number of aromatic amines is 1. The predicted octanol–water partition coefficient (Wildman–Crippen LogP) is 3.02. The first kappa shape index (κ1) is 15.2. The molecule has 23 heavy (non-hydrogen) atoms. The highest BCUT2D eigenvalue weighted by Gasteiger charge is 2.06. The summed E-state index contributed by atoms with van der Waals surface area (Å²) in [7, 11) is 2.03. The van der Waals surface area contributed by atoms with Gasteiger partial charge in [0.1, 0.15) is 0 Å². The topological polar surface area (TPSA) is 61.0 Å². The molecule has 5 nitrogen and oxygen atoms in total. The summed E-state index contributed by atoms with van der Waals surface area (Å²) < 4.78 is 0. The van der Waals surface area contributed by atoms with E-state index in [1.807, 2.05) is 43.4 Å². The Morgan fingerprint density at radius 2 is 2.04 bits per heavy atom. The molecule has 0 atom stereocenters. The lowest BCUT2D eigenvalue weighted by Gasteiger charge is -2.16. The lowest BCUT2D eigenvalue weighted by atomic mass is 10.2. The molecule has 2 N–H and O–H groups in total. The van der Waals surface area contributed by atoms with E-state index in [0.717, 1.165) is 23.1 Å². The molecule has 0 fully saturated rings. The van der Waals surface area contributed by atoms with E-state index < -0.39 is 0 Å². The van der Waals surface area contributed by atoms with Crippen molar-refractivity contribution in [3.63, 3.8) is 0 Å². The number of aromatic nitrogens is 2. The molecule has 0 aliphatic heterocycles. The Balaban J connectivity index is 1.49. The van der Waals surface area contributed by atoms with Crippen LogP contribution in [0.25, 0.3) is 10.9 Å². The van der Waals surface area contributed by atoms with Crippen LogP contribution in [-0.2, 0) is 11.3 Å². The molecule has 0 aliphatic carbocycles. The van der Waals surface area contributed by atoms with Crippen molar-refractivity contribution in [2.75, 3.05) is 18.9 Å². The number of H-pyrrole nitrogens is 1. The van der Waals surface area contributed by atoms with E-state index in [1.165, 1.54) is 5.56 Å². The third-order valence-electron chi connectivity index (χ3n) is 3.74. The number of nitrogens with one attached hydrogen (secondary N) is 2. The minimum absolute atomic E-state index is 0.0211. The highest BCUT2D eigenvalue weighted by Crippen LogP contribution is 2.16. The van der Waals surface area contributed by atoms with Gasteiger partial charge in [0.2, 0.25) is 5.91 Å². The normalized spacial score (nSPS) is 11.0. The number of nitrogens with zero attached hydrogens (tertiary/aromatic N) is 2. The van der Waals surface area contributed by atoms with E-state index in [0.29, 0.717) is 13.0 Å². The van der Waals surface area contributed by atoms with Crippen molar-refractivity contribution in [1.82, 2.24) is 15.1 Å². The molecule has 0 bridgehead atoms. The Morgan fingerprint density at radius 1 is 1.22 bits per heavy atom. The fraction of sp³-hybridized carbons (Fsp3) is 0.222. The van der Waals surface area contributed by atoms with Crippen molar-refractivity contribution < 1.29 is 4.79 Å². The number of anilines is 1. The van der Waals surface area contributed by atoms with Crippen LogP contribution in [0.1, 0.15) is 12.0 Å². The lowest BCUT2D eigenvalue weighted by molar-refractivity contribution is -0.116. The molecule has 0 radical (unpaired) electrons. The van der Waals surface area contributed by atoms with E-state index in [-0.39, 0.29) is 5.91 Å². The third-order valence-corrected chi connectivity index (χ3v) is 3.74. The summed E-state index contributed by atoms with van der Waals surface area (Å²) in [4.78, 5) is 14.2. The van der Waals surface area contributed by atoms with E-state index >= 15 is 0 Å². The second-order valence-corrected chi connectivity index (χ2v) is 5.69. The monoisotopic (exact) mass is 308 g/mol. The van der Waals surface area contributed by atoms with Crippen molar-refractivity contribution in [3.8, 4) is 0 Å². The quantitative estimate of drug-likeness (QED) is 0.736. The van der Waals surface area contributed by atoms with Gasteiger partial charge in [-0.2, -0.15) is 5.10 Å². The molecule has 3 rings (SSSR count). The first-order chi connectivity index (χ1) is 11.2. The Bertz CT molecular complexity index is 782. The zero-order chi connectivity index (χ0) is 16.1. The van der Waals surface area contributed by atoms with Gasteiger partial charge in [0.05, 0.1) is 11.7 Å².